The molecule has 0 spiro atoms. The predicted octanol–water partition coefficient (Wildman–Crippen LogP) is 2.24. The van der Waals surface area contributed by atoms with Gasteiger partial charge in [-0.25, -0.2) is 0 Å². The van der Waals surface area contributed by atoms with Gasteiger partial charge in [0.15, 0.2) is 0 Å². The van der Waals surface area contributed by atoms with Crippen LogP contribution in [0, 0.1) is 0 Å². The SMILES string of the molecule is CCC1CNC(C)(C)CN1Cc1ccoc1. The van der Waals surface area contributed by atoms with E-state index in [2.05, 4.69) is 37.1 Å². The van der Waals surface area contributed by atoms with Crippen molar-refractivity contribution in [3.8, 4) is 0 Å². The van der Waals surface area contributed by atoms with Crippen LogP contribution in [0.4, 0.5) is 0 Å². The van der Waals surface area contributed by atoms with E-state index in [0.717, 1.165) is 19.6 Å². The van der Waals surface area contributed by atoms with Gasteiger partial charge in [-0.15, -0.1) is 0 Å². The van der Waals surface area contributed by atoms with E-state index in [9.17, 15) is 0 Å². The first-order valence-corrected chi connectivity index (χ1v) is 6.11. The molecule has 0 aliphatic carbocycles. The van der Waals surface area contributed by atoms with Gasteiger partial charge in [-0.3, -0.25) is 4.90 Å². The standard InChI is InChI=1S/C13H22N2O/c1-4-12-7-14-13(2,3)10-15(12)8-11-5-6-16-9-11/h5-6,9,12,14H,4,7-8,10H2,1-3H3. The van der Waals surface area contributed by atoms with Crippen LogP contribution in [0.5, 0.6) is 0 Å². The van der Waals surface area contributed by atoms with Gasteiger partial charge in [0.2, 0.25) is 0 Å². The van der Waals surface area contributed by atoms with E-state index in [1.807, 2.05) is 6.26 Å². The van der Waals surface area contributed by atoms with Crippen molar-refractivity contribution in [1.29, 1.82) is 0 Å². The third kappa shape index (κ3) is 2.66. The summed E-state index contributed by atoms with van der Waals surface area (Å²) in [4.78, 5) is 2.56. The molecule has 1 aliphatic rings. The fourth-order valence-electron chi connectivity index (χ4n) is 2.42. The topological polar surface area (TPSA) is 28.4 Å². The zero-order chi connectivity index (χ0) is 11.6. The van der Waals surface area contributed by atoms with E-state index in [1.165, 1.54) is 12.0 Å². The van der Waals surface area contributed by atoms with Crippen molar-refractivity contribution >= 4 is 0 Å². The summed E-state index contributed by atoms with van der Waals surface area (Å²) in [7, 11) is 0. The number of nitrogens with one attached hydrogen (secondary N) is 1. The zero-order valence-electron chi connectivity index (χ0n) is 10.5. The van der Waals surface area contributed by atoms with Crippen molar-refractivity contribution in [2.24, 2.45) is 0 Å². The van der Waals surface area contributed by atoms with Crippen molar-refractivity contribution in [3.05, 3.63) is 24.2 Å². The molecule has 0 aromatic carbocycles. The van der Waals surface area contributed by atoms with E-state index in [1.54, 1.807) is 6.26 Å². The molecule has 1 N–H and O–H groups in total. The quantitative estimate of drug-likeness (QED) is 0.850. The lowest BCUT2D eigenvalue weighted by Crippen LogP contribution is -2.60. The molecule has 1 aromatic rings. The summed E-state index contributed by atoms with van der Waals surface area (Å²) in [5.74, 6) is 0. The number of hydrogen-bond donors (Lipinski definition) is 1. The Hall–Kier alpha value is -0.800. The maximum absolute atomic E-state index is 5.13. The summed E-state index contributed by atoms with van der Waals surface area (Å²) in [6.45, 7) is 9.97. The third-order valence-corrected chi connectivity index (χ3v) is 3.37. The van der Waals surface area contributed by atoms with E-state index in [0.29, 0.717) is 6.04 Å². The monoisotopic (exact) mass is 222 g/mol. The molecule has 16 heavy (non-hydrogen) atoms. The highest BCUT2D eigenvalue weighted by molar-refractivity contribution is 5.06. The van der Waals surface area contributed by atoms with Gasteiger partial charge in [0, 0.05) is 36.8 Å². The first kappa shape index (κ1) is 11.7. The highest BCUT2D eigenvalue weighted by Crippen LogP contribution is 2.19. The lowest BCUT2D eigenvalue weighted by Gasteiger charge is -2.44. The average molecular weight is 222 g/mol. The maximum Gasteiger partial charge on any atom is 0.0947 e. The lowest BCUT2D eigenvalue weighted by atomic mass is 9.97. The minimum Gasteiger partial charge on any atom is -0.472 e. The molecular formula is C13H22N2O. The van der Waals surface area contributed by atoms with Gasteiger partial charge in [-0.1, -0.05) is 6.92 Å². The molecule has 3 heteroatoms. The number of piperazine rings is 1. The van der Waals surface area contributed by atoms with Crippen LogP contribution in [0.2, 0.25) is 0 Å². The molecule has 1 unspecified atom stereocenters. The molecule has 3 nitrogen and oxygen atoms in total. The van der Waals surface area contributed by atoms with Crippen LogP contribution in [0.3, 0.4) is 0 Å². The Morgan fingerprint density at radius 2 is 2.38 bits per heavy atom. The van der Waals surface area contributed by atoms with Crippen LogP contribution in [0.15, 0.2) is 23.0 Å². The van der Waals surface area contributed by atoms with Gasteiger partial charge in [0.05, 0.1) is 12.5 Å². The second kappa shape index (κ2) is 4.60. The van der Waals surface area contributed by atoms with Crippen LogP contribution >= 0.6 is 0 Å². The summed E-state index contributed by atoms with van der Waals surface area (Å²) < 4.78 is 5.13. The fourth-order valence-corrected chi connectivity index (χ4v) is 2.42. The minimum absolute atomic E-state index is 0.218. The van der Waals surface area contributed by atoms with Crippen LogP contribution in [0.1, 0.15) is 32.8 Å². The largest absolute Gasteiger partial charge is 0.472 e. The molecular weight excluding hydrogens is 200 g/mol. The third-order valence-electron chi connectivity index (χ3n) is 3.37. The maximum atomic E-state index is 5.13. The minimum atomic E-state index is 0.218. The van der Waals surface area contributed by atoms with E-state index < -0.39 is 0 Å². The number of furan rings is 1. The molecule has 1 saturated heterocycles. The first-order chi connectivity index (χ1) is 7.61. The molecule has 2 rings (SSSR count). The number of rotatable bonds is 3. The van der Waals surface area contributed by atoms with Gasteiger partial charge in [0.1, 0.15) is 0 Å². The second-order valence-corrected chi connectivity index (χ2v) is 5.36. The average Bonchev–Trinajstić information content (AvgIpc) is 2.70. The highest BCUT2D eigenvalue weighted by Gasteiger charge is 2.31. The highest BCUT2D eigenvalue weighted by atomic mass is 16.3. The zero-order valence-corrected chi connectivity index (χ0v) is 10.5. The van der Waals surface area contributed by atoms with E-state index in [4.69, 9.17) is 4.42 Å². The number of nitrogens with zero attached hydrogens (tertiary/aromatic N) is 1. The predicted molar refractivity (Wildman–Crippen MR) is 65.3 cm³/mol. The van der Waals surface area contributed by atoms with Gasteiger partial charge in [-0.2, -0.15) is 0 Å². The Morgan fingerprint density at radius 3 is 3.00 bits per heavy atom. The smallest absolute Gasteiger partial charge is 0.0947 e. The second-order valence-electron chi connectivity index (χ2n) is 5.36. The molecule has 0 amide bonds. The normalized spacial score (nSPS) is 25.8. The van der Waals surface area contributed by atoms with Crippen molar-refractivity contribution < 1.29 is 4.42 Å². The molecule has 90 valence electrons. The Kier molecular flexibility index (Phi) is 3.36. The molecule has 2 heterocycles. The lowest BCUT2D eigenvalue weighted by molar-refractivity contribution is 0.0857. The van der Waals surface area contributed by atoms with Crippen molar-refractivity contribution in [3.63, 3.8) is 0 Å². The summed E-state index contributed by atoms with van der Waals surface area (Å²) in [5, 5.41) is 3.60. The summed E-state index contributed by atoms with van der Waals surface area (Å²) >= 11 is 0. The Labute approximate surface area is 97.8 Å². The molecule has 1 aromatic heterocycles. The van der Waals surface area contributed by atoms with Crippen LogP contribution < -0.4 is 5.32 Å². The van der Waals surface area contributed by atoms with Crippen molar-refractivity contribution in [2.75, 3.05) is 13.1 Å². The molecule has 0 radical (unpaired) electrons. The van der Waals surface area contributed by atoms with E-state index in [-0.39, 0.29) is 5.54 Å². The van der Waals surface area contributed by atoms with Gasteiger partial charge in [0.25, 0.3) is 0 Å². The Balaban J connectivity index is 2.03. The molecule has 0 bridgehead atoms. The summed E-state index contributed by atoms with van der Waals surface area (Å²) in [5.41, 5.74) is 1.49. The van der Waals surface area contributed by atoms with Crippen LogP contribution in [0.25, 0.3) is 0 Å². The molecule has 1 atom stereocenters. The summed E-state index contributed by atoms with van der Waals surface area (Å²) in [6, 6.07) is 2.70. The van der Waals surface area contributed by atoms with Gasteiger partial charge >= 0.3 is 0 Å². The Bertz CT molecular complexity index is 319. The van der Waals surface area contributed by atoms with Crippen LogP contribution in [-0.2, 0) is 6.54 Å². The molecule has 0 saturated carbocycles. The fraction of sp³-hybridized carbons (Fsp3) is 0.692. The van der Waals surface area contributed by atoms with Gasteiger partial charge in [-0.05, 0) is 26.3 Å². The first-order valence-electron chi connectivity index (χ1n) is 6.11. The van der Waals surface area contributed by atoms with Gasteiger partial charge < -0.3 is 9.73 Å². The summed E-state index contributed by atoms with van der Waals surface area (Å²) in [6.07, 6.45) is 4.80. The van der Waals surface area contributed by atoms with Crippen molar-refractivity contribution in [2.45, 2.75) is 45.3 Å². The number of hydrogen-bond acceptors (Lipinski definition) is 3. The van der Waals surface area contributed by atoms with E-state index >= 15 is 0 Å². The Morgan fingerprint density at radius 1 is 1.56 bits per heavy atom. The molecule has 1 fully saturated rings. The van der Waals surface area contributed by atoms with Crippen LogP contribution in [-0.4, -0.2) is 29.6 Å². The molecule has 1 aliphatic heterocycles. The van der Waals surface area contributed by atoms with Crippen molar-refractivity contribution in [1.82, 2.24) is 10.2 Å².